The van der Waals surface area contributed by atoms with Gasteiger partial charge in [0.2, 0.25) is 0 Å². The Labute approximate surface area is 106 Å². The summed E-state index contributed by atoms with van der Waals surface area (Å²) in [5.74, 6) is -1.51. The topological polar surface area (TPSA) is 17.1 Å². The van der Waals surface area contributed by atoms with Crippen molar-refractivity contribution < 1.29 is 13.6 Å². The molecule has 1 aliphatic rings. The molecule has 3 heteroatoms. The molecule has 1 aromatic carbocycles. The van der Waals surface area contributed by atoms with E-state index in [9.17, 15) is 13.6 Å². The number of carbonyl (C=O) groups is 1. The Hall–Kier alpha value is -1.51. The summed E-state index contributed by atoms with van der Waals surface area (Å²) in [7, 11) is 0. The highest BCUT2D eigenvalue weighted by atomic mass is 19.1. The lowest BCUT2D eigenvalue weighted by Gasteiger charge is -2.13. The van der Waals surface area contributed by atoms with Crippen molar-refractivity contribution in [3.05, 3.63) is 47.0 Å². The number of allylic oxidation sites excluding steroid dienone is 2. The van der Waals surface area contributed by atoms with Crippen LogP contribution in [0.2, 0.25) is 0 Å². The van der Waals surface area contributed by atoms with Crippen molar-refractivity contribution in [2.45, 2.75) is 38.5 Å². The third-order valence-electron chi connectivity index (χ3n) is 3.27. The molecule has 1 aromatic rings. The second-order valence-corrected chi connectivity index (χ2v) is 4.71. The van der Waals surface area contributed by atoms with E-state index in [1.54, 1.807) is 6.08 Å². The normalized spacial score (nSPS) is 15.6. The molecule has 2 rings (SSSR count). The zero-order valence-electron chi connectivity index (χ0n) is 10.2. The molecule has 0 N–H and O–H groups in total. The summed E-state index contributed by atoms with van der Waals surface area (Å²) in [4.78, 5) is 11.8. The quantitative estimate of drug-likeness (QED) is 0.742. The molecule has 0 bridgehead atoms. The molecule has 1 nitrogen and oxygen atoms in total. The minimum absolute atomic E-state index is 0.129. The van der Waals surface area contributed by atoms with Crippen LogP contribution in [-0.4, -0.2) is 5.78 Å². The lowest BCUT2D eigenvalue weighted by atomic mass is 9.93. The van der Waals surface area contributed by atoms with Crippen molar-refractivity contribution >= 4 is 5.78 Å². The van der Waals surface area contributed by atoms with Crippen LogP contribution in [0.15, 0.2) is 29.8 Å². The Morgan fingerprint density at radius 2 is 1.72 bits per heavy atom. The van der Waals surface area contributed by atoms with Crippen LogP contribution < -0.4 is 0 Å². The molecule has 0 spiro atoms. The number of hydrogen-bond donors (Lipinski definition) is 0. The van der Waals surface area contributed by atoms with Gasteiger partial charge < -0.3 is 0 Å². The molecule has 0 amide bonds. The number of benzene rings is 1. The molecular weight excluding hydrogens is 234 g/mol. The fraction of sp³-hybridized carbons (Fsp3) is 0.400. The summed E-state index contributed by atoms with van der Waals surface area (Å²) < 4.78 is 26.8. The van der Waals surface area contributed by atoms with Gasteiger partial charge in [-0.05, 0) is 43.9 Å². The van der Waals surface area contributed by atoms with Gasteiger partial charge in [-0.1, -0.05) is 18.1 Å². The second-order valence-electron chi connectivity index (χ2n) is 4.71. The van der Waals surface area contributed by atoms with Gasteiger partial charge in [-0.25, -0.2) is 8.78 Å². The van der Waals surface area contributed by atoms with Crippen molar-refractivity contribution in [2.75, 3.05) is 0 Å². The molecule has 0 unspecified atom stereocenters. The molecule has 1 aliphatic carbocycles. The summed E-state index contributed by atoms with van der Waals surface area (Å²) in [6.45, 7) is 0. The first-order chi connectivity index (χ1) is 8.66. The molecule has 0 atom stereocenters. The summed E-state index contributed by atoms with van der Waals surface area (Å²) in [5, 5.41) is 0. The average molecular weight is 250 g/mol. The van der Waals surface area contributed by atoms with E-state index in [0.29, 0.717) is 0 Å². The maximum atomic E-state index is 13.4. The maximum Gasteiger partial charge on any atom is 0.160 e. The van der Waals surface area contributed by atoms with Gasteiger partial charge in [0.25, 0.3) is 0 Å². The second kappa shape index (κ2) is 5.89. The summed E-state index contributed by atoms with van der Waals surface area (Å²) >= 11 is 0. The van der Waals surface area contributed by atoms with Crippen LogP contribution in [0.4, 0.5) is 8.78 Å². The smallest absolute Gasteiger partial charge is 0.160 e. The van der Waals surface area contributed by atoms with Crippen LogP contribution in [-0.2, 0) is 11.2 Å². The monoisotopic (exact) mass is 250 g/mol. The van der Waals surface area contributed by atoms with Crippen molar-refractivity contribution in [3.8, 4) is 0 Å². The third-order valence-corrected chi connectivity index (χ3v) is 3.27. The first-order valence-corrected chi connectivity index (χ1v) is 6.32. The van der Waals surface area contributed by atoms with Gasteiger partial charge in [0.05, 0.1) is 0 Å². The Balaban J connectivity index is 2.07. The lowest BCUT2D eigenvalue weighted by molar-refractivity contribution is -0.114. The zero-order chi connectivity index (χ0) is 13.0. The summed E-state index contributed by atoms with van der Waals surface area (Å²) in [6.07, 6.45) is 6.66. The number of ketones is 1. The molecule has 96 valence electrons. The Morgan fingerprint density at radius 1 is 1.11 bits per heavy atom. The van der Waals surface area contributed by atoms with Crippen LogP contribution >= 0.6 is 0 Å². The van der Waals surface area contributed by atoms with E-state index in [-0.39, 0.29) is 17.8 Å². The zero-order valence-corrected chi connectivity index (χ0v) is 10.2. The summed E-state index contributed by atoms with van der Waals surface area (Å²) in [6, 6.07) is 3.66. The molecule has 1 saturated carbocycles. The van der Waals surface area contributed by atoms with Crippen molar-refractivity contribution in [1.29, 1.82) is 0 Å². The fourth-order valence-corrected chi connectivity index (χ4v) is 2.30. The highest BCUT2D eigenvalue weighted by Crippen LogP contribution is 2.23. The van der Waals surface area contributed by atoms with Gasteiger partial charge in [-0.3, -0.25) is 4.79 Å². The average Bonchev–Trinajstić information content (AvgIpc) is 2.35. The van der Waals surface area contributed by atoms with E-state index in [4.69, 9.17) is 0 Å². The standard InChI is InChI=1S/C15H16F2O/c16-14-7-4-8-15(17)13(14)10-12(18)9-11-5-2-1-3-6-11/h4,7-9H,1-3,5-6,10H2. The Morgan fingerprint density at radius 3 is 2.33 bits per heavy atom. The van der Waals surface area contributed by atoms with E-state index in [0.717, 1.165) is 31.3 Å². The summed E-state index contributed by atoms with van der Waals surface area (Å²) in [5.41, 5.74) is 0.984. The van der Waals surface area contributed by atoms with E-state index in [1.807, 2.05) is 0 Å². The number of carbonyl (C=O) groups excluding carboxylic acids is 1. The minimum atomic E-state index is -0.648. The number of hydrogen-bond acceptors (Lipinski definition) is 1. The van der Waals surface area contributed by atoms with Gasteiger partial charge in [0, 0.05) is 12.0 Å². The molecule has 0 heterocycles. The molecule has 0 aromatic heterocycles. The Kier molecular flexibility index (Phi) is 4.24. The molecule has 0 aliphatic heterocycles. The SMILES string of the molecule is O=C(C=C1CCCCC1)Cc1c(F)cccc1F. The van der Waals surface area contributed by atoms with Crippen LogP contribution in [0.25, 0.3) is 0 Å². The predicted molar refractivity (Wildman–Crippen MR) is 66.2 cm³/mol. The number of halogens is 2. The van der Waals surface area contributed by atoms with Crippen LogP contribution in [0.5, 0.6) is 0 Å². The molecule has 18 heavy (non-hydrogen) atoms. The predicted octanol–water partition coefficient (Wildman–Crippen LogP) is 3.97. The van der Waals surface area contributed by atoms with E-state index in [2.05, 4.69) is 0 Å². The van der Waals surface area contributed by atoms with Crippen LogP contribution in [0.1, 0.15) is 37.7 Å². The first kappa shape index (κ1) is 12.9. The molecule has 0 saturated heterocycles. The highest BCUT2D eigenvalue weighted by Gasteiger charge is 2.13. The van der Waals surface area contributed by atoms with E-state index < -0.39 is 11.6 Å². The van der Waals surface area contributed by atoms with E-state index >= 15 is 0 Å². The molecule has 1 fully saturated rings. The third kappa shape index (κ3) is 3.25. The van der Waals surface area contributed by atoms with Gasteiger partial charge in [0.15, 0.2) is 5.78 Å². The molecular formula is C15H16F2O. The lowest BCUT2D eigenvalue weighted by Crippen LogP contribution is -2.06. The van der Waals surface area contributed by atoms with Crippen molar-refractivity contribution in [1.82, 2.24) is 0 Å². The van der Waals surface area contributed by atoms with Gasteiger partial charge in [-0.15, -0.1) is 0 Å². The van der Waals surface area contributed by atoms with Crippen molar-refractivity contribution in [3.63, 3.8) is 0 Å². The van der Waals surface area contributed by atoms with Gasteiger partial charge in [0.1, 0.15) is 11.6 Å². The first-order valence-electron chi connectivity index (χ1n) is 6.32. The van der Waals surface area contributed by atoms with Crippen molar-refractivity contribution in [2.24, 2.45) is 0 Å². The van der Waals surface area contributed by atoms with E-state index in [1.165, 1.54) is 24.6 Å². The van der Waals surface area contributed by atoms with Crippen LogP contribution in [0, 0.1) is 11.6 Å². The van der Waals surface area contributed by atoms with Crippen LogP contribution in [0.3, 0.4) is 0 Å². The molecule has 0 radical (unpaired) electrons. The maximum absolute atomic E-state index is 13.4. The largest absolute Gasteiger partial charge is 0.294 e. The van der Waals surface area contributed by atoms with Gasteiger partial charge >= 0.3 is 0 Å². The fourth-order valence-electron chi connectivity index (χ4n) is 2.30. The number of rotatable bonds is 3. The highest BCUT2D eigenvalue weighted by molar-refractivity contribution is 5.92. The minimum Gasteiger partial charge on any atom is -0.294 e. The Bertz CT molecular complexity index is 449. The van der Waals surface area contributed by atoms with Gasteiger partial charge in [-0.2, -0.15) is 0 Å².